The van der Waals surface area contributed by atoms with Crippen molar-refractivity contribution in [3.8, 4) is 11.5 Å². The van der Waals surface area contributed by atoms with Gasteiger partial charge >= 0.3 is 0 Å². The van der Waals surface area contributed by atoms with Gasteiger partial charge in [0.05, 0.1) is 32.7 Å². The summed E-state index contributed by atoms with van der Waals surface area (Å²) in [5.74, 6) is 2.12. The van der Waals surface area contributed by atoms with Crippen LogP contribution >= 0.6 is 11.6 Å². The molecule has 2 atom stereocenters. The van der Waals surface area contributed by atoms with Gasteiger partial charge in [0.25, 0.3) is 5.95 Å². The van der Waals surface area contributed by atoms with Gasteiger partial charge in [-0.25, -0.2) is 4.68 Å². The summed E-state index contributed by atoms with van der Waals surface area (Å²) in [7, 11) is 3.27. The molecule has 5 rings (SSSR count). The number of ether oxygens (including phenoxy) is 2. The first-order chi connectivity index (χ1) is 17.5. The van der Waals surface area contributed by atoms with E-state index in [-0.39, 0.29) is 30.4 Å². The molecule has 8 nitrogen and oxygen atoms in total. The number of halogens is 1. The van der Waals surface area contributed by atoms with Crippen molar-refractivity contribution in [3.05, 3.63) is 94.5 Å². The van der Waals surface area contributed by atoms with E-state index in [2.05, 4.69) is 20.7 Å². The number of nitrogens with zero attached hydrogens (tertiary/aromatic N) is 3. The van der Waals surface area contributed by atoms with E-state index in [9.17, 15) is 4.79 Å². The van der Waals surface area contributed by atoms with Gasteiger partial charge in [0.1, 0.15) is 11.5 Å². The molecule has 9 heteroatoms. The summed E-state index contributed by atoms with van der Waals surface area (Å²) >= 11 is 6.11. The SMILES string of the molecule is COc1ccc(CC(=O)Nc2nc3n(n2)[C@@H](c2ccccc2OC)C[C@@H](c2ccc(Cl)cc2)N3)cc1. The molecule has 0 saturated carbocycles. The number of benzene rings is 3. The van der Waals surface area contributed by atoms with Crippen molar-refractivity contribution >= 4 is 29.4 Å². The first-order valence-electron chi connectivity index (χ1n) is 11.6. The van der Waals surface area contributed by atoms with Crippen LogP contribution in [0.25, 0.3) is 0 Å². The Labute approximate surface area is 214 Å². The van der Waals surface area contributed by atoms with Crippen molar-refractivity contribution in [1.82, 2.24) is 14.8 Å². The molecular formula is C27H26ClN5O3. The highest BCUT2D eigenvalue weighted by Crippen LogP contribution is 2.41. The molecular weight excluding hydrogens is 478 g/mol. The van der Waals surface area contributed by atoms with Gasteiger partial charge in [-0.2, -0.15) is 4.98 Å². The predicted octanol–water partition coefficient (Wildman–Crippen LogP) is 5.28. The summed E-state index contributed by atoms with van der Waals surface area (Å²) in [6.45, 7) is 0. The van der Waals surface area contributed by atoms with Crippen LogP contribution in [-0.4, -0.2) is 34.9 Å². The molecule has 0 unspecified atom stereocenters. The molecule has 1 aliphatic rings. The monoisotopic (exact) mass is 503 g/mol. The molecule has 3 aromatic carbocycles. The normalized spacial score (nSPS) is 16.5. The molecule has 184 valence electrons. The summed E-state index contributed by atoms with van der Waals surface area (Å²) < 4.78 is 12.6. The Balaban J connectivity index is 1.43. The molecule has 0 aliphatic carbocycles. The van der Waals surface area contributed by atoms with E-state index in [1.165, 1.54) is 0 Å². The molecule has 0 fully saturated rings. The number of rotatable bonds is 7. The highest BCUT2D eigenvalue weighted by Gasteiger charge is 2.33. The van der Waals surface area contributed by atoms with Crippen molar-refractivity contribution in [3.63, 3.8) is 0 Å². The summed E-state index contributed by atoms with van der Waals surface area (Å²) in [5, 5.41) is 11.6. The fourth-order valence-corrected chi connectivity index (χ4v) is 4.57. The van der Waals surface area contributed by atoms with Gasteiger partial charge in [-0.1, -0.05) is 54.1 Å². The Bertz CT molecular complexity index is 1350. The van der Waals surface area contributed by atoms with Crippen molar-refractivity contribution in [2.45, 2.75) is 24.9 Å². The van der Waals surface area contributed by atoms with E-state index in [4.69, 9.17) is 21.1 Å². The number of hydrogen-bond donors (Lipinski definition) is 2. The number of para-hydroxylation sites is 1. The topological polar surface area (TPSA) is 90.3 Å². The highest BCUT2D eigenvalue weighted by atomic mass is 35.5. The third-order valence-electron chi connectivity index (χ3n) is 6.23. The van der Waals surface area contributed by atoms with Gasteiger partial charge in [-0.3, -0.25) is 10.1 Å². The number of anilines is 2. The second-order valence-electron chi connectivity index (χ2n) is 8.52. The van der Waals surface area contributed by atoms with Crippen LogP contribution in [0.15, 0.2) is 72.8 Å². The van der Waals surface area contributed by atoms with Crippen molar-refractivity contribution in [1.29, 1.82) is 0 Å². The lowest BCUT2D eigenvalue weighted by Gasteiger charge is -2.32. The Kier molecular flexibility index (Phi) is 6.77. The fraction of sp³-hybridized carbons (Fsp3) is 0.222. The first kappa shape index (κ1) is 23.7. The van der Waals surface area contributed by atoms with Crippen LogP contribution in [0.3, 0.4) is 0 Å². The minimum absolute atomic E-state index is 0.0308. The second-order valence-corrected chi connectivity index (χ2v) is 8.95. The van der Waals surface area contributed by atoms with E-state index >= 15 is 0 Å². The maximum Gasteiger partial charge on any atom is 0.250 e. The largest absolute Gasteiger partial charge is 0.497 e. The lowest BCUT2D eigenvalue weighted by atomic mass is 9.93. The maximum atomic E-state index is 12.7. The summed E-state index contributed by atoms with van der Waals surface area (Å²) in [4.78, 5) is 17.3. The van der Waals surface area contributed by atoms with Crippen LogP contribution < -0.4 is 20.1 Å². The van der Waals surface area contributed by atoms with Gasteiger partial charge in [-0.05, 0) is 47.9 Å². The van der Waals surface area contributed by atoms with Crippen molar-refractivity contribution in [2.24, 2.45) is 0 Å². The van der Waals surface area contributed by atoms with Crippen LogP contribution in [0, 0.1) is 0 Å². The number of amides is 1. The molecule has 0 radical (unpaired) electrons. The highest BCUT2D eigenvalue weighted by molar-refractivity contribution is 6.30. The Morgan fingerprint density at radius 3 is 2.53 bits per heavy atom. The average Bonchev–Trinajstić information content (AvgIpc) is 3.31. The third kappa shape index (κ3) is 4.99. The van der Waals surface area contributed by atoms with E-state index in [0.29, 0.717) is 17.4 Å². The molecule has 4 aromatic rings. The number of carbonyl (C=O) groups is 1. The van der Waals surface area contributed by atoms with Crippen molar-refractivity contribution < 1.29 is 14.3 Å². The molecule has 1 aromatic heterocycles. The smallest absolute Gasteiger partial charge is 0.250 e. The Morgan fingerprint density at radius 1 is 1.06 bits per heavy atom. The number of nitrogens with one attached hydrogen (secondary N) is 2. The first-order valence-corrected chi connectivity index (χ1v) is 12.0. The molecule has 1 aliphatic heterocycles. The van der Waals surface area contributed by atoms with Crippen LogP contribution in [0.1, 0.15) is 35.2 Å². The van der Waals surface area contributed by atoms with Gasteiger partial charge in [-0.15, -0.1) is 5.10 Å². The van der Waals surface area contributed by atoms with Crippen LogP contribution in [-0.2, 0) is 11.2 Å². The number of aromatic nitrogens is 3. The zero-order chi connectivity index (χ0) is 25.1. The average molecular weight is 504 g/mol. The molecule has 36 heavy (non-hydrogen) atoms. The summed E-state index contributed by atoms with van der Waals surface area (Å²) in [5.41, 5.74) is 2.94. The third-order valence-corrected chi connectivity index (χ3v) is 6.49. The Morgan fingerprint density at radius 2 is 1.81 bits per heavy atom. The van der Waals surface area contributed by atoms with Crippen LogP contribution in [0.5, 0.6) is 11.5 Å². The molecule has 1 amide bonds. The minimum atomic E-state index is -0.203. The van der Waals surface area contributed by atoms with Gasteiger partial charge in [0.15, 0.2) is 0 Å². The zero-order valence-corrected chi connectivity index (χ0v) is 20.7. The van der Waals surface area contributed by atoms with Gasteiger partial charge < -0.3 is 14.8 Å². The molecule has 2 N–H and O–H groups in total. The lowest BCUT2D eigenvalue weighted by molar-refractivity contribution is -0.115. The number of fused-ring (bicyclic) bond motifs is 1. The molecule has 0 spiro atoms. The van der Waals surface area contributed by atoms with E-state index in [0.717, 1.165) is 28.2 Å². The number of carbonyl (C=O) groups excluding carboxylic acids is 1. The van der Waals surface area contributed by atoms with Crippen LogP contribution in [0.4, 0.5) is 11.9 Å². The summed E-state index contributed by atoms with van der Waals surface area (Å²) in [6, 6.07) is 22.8. The predicted molar refractivity (Wildman–Crippen MR) is 139 cm³/mol. The fourth-order valence-electron chi connectivity index (χ4n) is 4.44. The van der Waals surface area contributed by atoms with E-state index < -0.39 is 0 Å². The second kappa shape index (κ2) is 10.3. The zero-order valence-electron chi connectivity index (χ0n) is 19.9. The maximum absolute atomic E-state index is 12.7. The standard InChI is InChI=1S/C27H26ClN5O3/c1-35-20-13-7-17(8-14-20)15-25(34)30-26-31-27-29-22(18-9-11-19(28)12-10-18)16-23(33(27)32-26)21-5-3-4-6-24(21)36-2/h3-14,22-23H,15-16H2,1-2H3,(H2,29,30,31,32,34)/t22-,23+/m0/s1. The lowest BCUT2D eigenvalue weighted by Crippen LogP contribution is -2.28. The van der Waals surface area contributed by atoms with Crippen LogP contribution in [0.2, 0.25) is 5.02 Å². The van der Waals surface area contributed by atoms with Gasteiger partial charge in [0, 0.05) is 10.6 Å². The molecule has 2 heterocycles. The van der Waals surface area contributed by atoms with E-state index in [1.807, 2.05) is 77.5 Å². The molecule has 0 bridgehead atoms. The quantitative estimate of drug-likeness (QED) is 0.357. The molecule has 0 saturated heterocycles. The summed E-state index contributed by atoms with van der Waals surface area (Å²) in [6.07, 6.45) is 0.905. The van der Waals surface area contributed by atoms with Gasteiger partial charge in [0.2, 0.25) is 11.9 Å². The van der Waals surface area contributed by atoms with Crippen molar-refractivity contribution in [2.75, 3.05) is 24.9 Å². The number of hydrogen-bond acceptors (Lipinski definition) is 6. The Hall–Kier alpha value is -4.04. The number of methoxy groups -OCH3 is 2. The minimum Gasteiger partial charge on any atom is -0.497 e. The van der Waals surface area contributed by atoms with E-state index in [1.54, 1.807) is 14.2 Å².